The van der Waals surface area contributed by atoms with Gasteiger partial charge in [0.1, 0.15) is 0 Å². The Labute approximate surface area is 163 Å². The van der Waals surface area contributed by atoms with Crippen LogP contribution in [0.5, 0.6) is 0 Å². The molecule has 2 aromatic carbocycles. The summed E-state index contributed by atoms with van der Waals surface area (Å²) in [6.45, 7) is 2.02. The summed E-state index contributed by atoms with van der Waals surface area (Å²) in [6, 6.07) is 16.5. The van der Waals surface area contributed by atoms with Gasteiger partial charge in [0, 0.05) is 23.6 Å². The highest BCUT2D eigenvalue weighted by atomic mass is 32.2. The SMILES string of the molecule is C[C@@H](CC(=O)Nc1nc(-c2ccc(S(C)(=O)=O)cc2)cs1)c1ccccc1. The van der Waals surface area contributed by atoms with Crippen LogP contribution in [-0.2, 0) is 14.6 Å². The lowest BCUT2D eigenvalue weighted by Crippen LogP contribution is -2.14. The number of aromatic nitrogens is 1. The molecule has 1 amide bonds. The molecule has 0 spiro atoms. The van der Waals surface area contributed by atoms with Crippen molar-refractivity contribution in [3.05, 3.63) is 65.5 Å². The van der Waals surface area contributed by atoms with Crippen LogP contribution in [0.25, 0.3) is 11.3 Å². The van der Waals surface area contributed by atoms with Crippen LogP contribution in [0.2, 0.25) is 0 Å². The lowest BCUT2D eigenvalue weighted by Gasteiger charge is -2.10. The first-order chi connectivity index (χ1) is 12.8. The molecule has 140 valence electrons. The maximum Gasteiger partial charge on any atom is 0.226 e. The van der Waals surface area contributed by atoms with Crippen molar-refractivity contribution < 1.29 is 13.2 Å². The van der Waals surface area contributed by atoms with Gasteiger partial charge in [-0.2, -0.15) is 0 Å². The van der Waals surface area contributed by atoms with Gasteiger partial charge in [-0.15, -0.1) is 11.3 Å². The van der Waals surface area contributed by atoms with Crippen molar-refractivity contribution in [3.63, 3.8) is 0 Å². The number of carbonyl (C=O) groups excluding carboxylic acids is 1. The summed E-state index contributed by atoms with van der Waals surface area (Å²) >= 11 is 1.34. The highest BCUT2D eigenvalue weighted by Crippen LogP contribution is 2.27. The average molecular weight is 401 g/mol. The van der Waals surface area contributed by atoms with Crippen molar-refractivity contribution in [2.24, 2.45) is 0 Å². The molecule has 0 aliphatic heterocycles. The Morgan fingerprint density at radius 3 is 2.41 bits per heavy atom. The van der Waals surface area contributed by atoms with Gasteiger partial charge in [0.15, 0.2) is 15.0 Å². The summed E-state index contributed by atoms with van der Waals surface area (Å²) in [5.74, 6) is 0.0360. The van der Waals surface area contributed by atoms with E-state index in [1.54, 1.807) is 24.3 Å². The highest BCUT2D eigenvalue weighted by molar-refractivity contribution is 7.90. The molecule has 3 aromatic rings. The van der Waals surface area contributed by atoms with Crippen molar-refractivity contribution in [1.82, 2.24) is 4.98 Å². The van der Waals surface area contributed by atoms with E-state index in [2.05, 4.69) is 10.3 Å². The number of sulfone groups is 1. The summed E-state index contributed by atoms with van der Waals surface area (Å²) in [7, 11) is -3.22. The van der Waals surface area contributed by atoms with Gasteiger partial charge in [-0.1, -0.05) is 49.4 Å². The van der Waals surface area contributed by atoms with Crippen LogP contribution in [0, 0.1) is 0 Å². The van der Waals surface area contributed by atoms with Gasteiger partial charge in [-0.3, -0.25) is 4.79 Å². The Hall–Kier alpha value is -2.51. The minimum absolute atomic E-state index is 0.0836. The van der Waals surface area contributed by atoms with Crippen LogP contribution in [0.3, 0.4) is 0 Å². The first-order valence-electron chi connectivity index (χ1n) is 8.44. The predicted molar refractivity (Wildman–Crippen MR) is 109 cm³/mol. The third-order valence-corrected chi connectivity index (χ3v) is 6.08. The molecular weight excluding hydrogens is 380 g/mol. The fourth-order valence-corrected chi connectivity index (χ4v) is 4.05. The van der Waals surface area contributed by atoms with Crippen LogP contribution in [0.4, 0.5) is 5.13 Å². The van der Waals surface area contributed by atoms with E-state index in [4.69, 9.17) is 0 Å². The number of benzene rings is 2. The Balaban J connectivity index is 1.64. The zero-order valence-corrected chi connectivity index (χ0v) is 16.7. The molecule has 0 aliphatic rings. The Bertz CT molecular complexity index is 1030. The number of carbonyl (C=O) groups is 1. The zero-order chi connectivity index (χ0) is 19.4. The lowest BCUT2D eigenvalue weighted by molar-refractivity contribution is -0.116. The van der Waals surface area contributed by atoms with Crippen molar-refractivity contribution >= 4 is 32.2 Å². The number of hydrogen-bond acceptors (Lipinski definition) is 5. The van der Waals surface area contributed by atoms with Gasteiger partial charge in [0.25, 0.3) is 0 Å². The van der Waals surface area contributed by atoms with Crippen LogP contribution in [0.15, 0.2) is 64.9 Å². The van der Waals surface area contributed by atoms with Gasteiger partial charge in [-0.05, 0) is 23.6 Å². The van der Waals surface area contributed by atoms with Gasteiger partial charge < -0.3 is 5.32 Å². The van der Waals surface area contributed by atoms with Crippen molar-refractivity contribution in [1.29, 1.82) is 0 Å². The number of nitrogens with zero attached hydrogens (tertiary/aromatic N) is 1. The molecule has 0 aliphatic carbocycles. The van der Waals surface area contributed by atoms with Gasteiger partial charge >= 0.3 is 0 Å². The molecule has 3 rings (SSSR count). The molecule has 0 saturated carbocycles. The van der Waals surface area contributed by atoms with E-state index in [9.17, 15) is 13.2 Å². The molecule has 0 saturated heterocycles. The molecule has 5 nitrogen and oxygen atoms in total. The standard InChI is InChI=1S/C20H20N2O3S2/c1-14(15-6-4-3-5-7-15)12-19(23)22-20-21-18(13-26-20)16-8-10-17(11-9-16)27(2,24)25/h3-11,13-14H,12H2,1-2H3,(H,21,22,23)/t14-/m0/s1. The molecule has 7 heteroatoms. The van der Waals surface area contributed by atoms with E-state index in [0.29, 0.717) is 17.2 Å². The van der Waals surface area contributed by atoms with E-state index in [0.717, 1.165) is 11.1 Å². The smallest absolute Gasteiger partial charge is 0.226 e. The molecule has 0 radical (unpaired) electrons. The number of amides is 1. The fourth-order valence-electron chi connectivity index (χ4n) is 2.68. The predicted octanol–water partition coefficient (Wildman–Crippen LogP) is 4.35. The normalized spacial score (nSPS) is 12.5. The second-order valence-electron chi connectivity index (χ2n) is 6.40. The van der Waals surface area contributed by atoms with Crippen molar-refractivity contribution in [2.75, 3.05) is 11.6 Å². The van der Waals surface area contributed by atoms with E-state index >= 15 is 0 Å². The number of rotatable bonds is 6. The minimum atomic E-state index is -3.22. The van der Waals surface area contributed by atoms with Gasteiger partial charge in [0.2, 0.25) is 5.91 Å². The number of anilines is 1. The molecule has 0 bridgehead atoms. The first kappa shape index (κ1) is 19.3. The van der Waals surface area contributed by atoms with Crippen LogP contribution in [0.1, 0.15) is 24.8 Å². The number of nitrogens with one attached hydrogen (secondary N) is 1. The summed E-state index contributed by atoms with van der Waals surface area (Å²) < 4.78 is 23.1. The third kappa shape index (κ3) is 5.02. The van der Waals surface area contributed by atoms with Crippen molar-refractivity contribution in [2.45, 2.75) is 24.2 Å². The first-order valence-corrected chi connectivity index (χ1v) is 11.2. The fraction of sp³-hybridized carbons (Fsp3) is 0.200. The Morgan fingerprint density at radius 1 is 1.11 bits per heavy atom. The summed E-state index contributed by atoms with van der Waals surface area (Å²) in [4.78, 5) is 17.0. The maximum absolute atomic E-state index is 12.3. The minimum Gasteiger partial charge on any atom is -0.302 e. The maximum atomic E-state index is 12.3. The van der Waals surface area contributed by atoms with E-state index in [1.165, 1.54) is 17.6 Å². The summed E-state index contributed by atoms with van der Waals surface area (Å²) in [6.07, 6.45) is 1.55. The highest BCUT2D eigenvalue weighted by Gasteiger charge is 2.14. The van der Waals surface area contributed by atoms with E-state index in [1.807, 2.05) is 42.6 Å². The Morgan fingerprint density at radius 2 is 1.78 bits per heavy atom. The second-order valence-corrected chi connectivity index (χ2v) is 9.27. The van der Waals surface area contributed by atoms with Crippen LogP contribution < -0.4 is 5.32 Å². The molecule has 0 fully saturated rings. The molecule has 1 heterocycles. The average Bonchev–Trinajstić information content (AvgIpc) is 3.10. The quantitative estimate of drug-likeness (QED) is 0.667. The summed E-state index contributed by atoms with van der Waals surface area (Å²) in [5.41, 5.74) is 2.63. The molecule has 1 atom stereocenters. The molecule has 1 N–H and O–H groups in total. The van der Waals surface area contributed by atoms with E-state index in [-0.39, 0.29) is 16.7 Å². The van der Waals surface area contributed by atoms with Crippen LogP contribution >= 0.6 is 11.3 Å². The summed E-state index contributed by atoms with van der Waals surface area (Å²) in [5, 5.41) is 5.21. The molecule has 0 unspecified atom stereocenters. The van der Waals surface area contributed by atoms with E-state index < -0.39 is 9.84 Å². The van der Waals surface area contributed by atoms with Crippen molar-refractivity contribution in [3.8, 4) is 11.3 Å². The number of thiazole rings is 1. The second kappa shape index (κ2) is 8.02. The largest absolute Gasteiger partial charge is 0.302 e. The third-order valence-electron chi connectivity index (χ3n) is 4.19. The lowest BCUT2D eigenvalue weighted by atomic mass is 9.98. The van der Waals surface area contributed by atoms with Crippen LogP contribution in [-0.4, -0.2) is 25.6 Å². The molecule has 1 aromatic heterocycles. The van der Waals surface area contributed by atoms with Gasteiger partial charge in [-0.25, -0.2) is 13.4 Å². The topological polar surface area (TPSA) is 76.1 Å². The monoisotopic (exact) mass is 400 g/mol. The zero-order valence-electron chi connectivity index (χ0n) is 15.0. The number of hydrogen-bond donors (Lipinski definition) is 1. The Kier molecular flexibility index (Phi) is 5.72. The van der Waals surface area contributed by atoms with Gasteiger partial charge in [0.05, 0.1) is 10.6 Å². The molecule has 27 heavy (non-hydrogen) atoms. The molecular formula is C20H20N2O3S2.